The highest BCUT2D eigenvalue weighted by Gasteiger charge is 2.38. The second-order valence-corrected chi connectivity index (χ2v) is 3.92. The van der Waals surface area contributed by atoms with Crippen LogP contribution in [-0.2, 0) is 4.74 Å². The molecule has 0 bridgehead atoms. The average Bonchev–Trinajstić information content (AvgIpc) is 2.50. The molecule has 1 unspecified atom stereocenters. The fourth-order valence-electron chi connectivity index (χ4n) is 1.92. The van der Waals surface area contributed by atoms with Crippen molar-refractivity contribution in [2.75, 3.05) is 19.7 Å². The first-order valence-corrected chi connectivity index (χ1v) is 5.36. The number of amides is 2. The Morgan fingerprint density at radius 3 is 3.06 bits per heavy atom. The van der Waals surface area contributed by atoms with Crippen molar-refractivity contribution < 1.29 is 19.7 Å². The Morgan fingerprint density at radius 1 is 1.56 bits per heavy atom. The van der Waals surface area contributed by atoms with E-state index < -0.39 is 18.4 Å². The monoisotopic (exact) mass is 228 g/mol. The van der Waals surface area contributed by atoms with E-state index in [1.165, 1.54) is 4.90 Å². The Hall–Kier alpha value is -1.11. The average molecular weight is 228 g/mol. The lowest BCUT2D eigenvalue weighted by Gasteiger charge is -2.26. The van der Waals surface area contributed by atoms with E-state index in [4.69, 9.17) is 9.84 Å². The third kappa shape index (κ3) is 2.18. The maximum atomic E-state index is 11.7. The predicted octanol–water partition coefficient (Wildman–Crippen LogP) is -0.964. The summed E-state index contributed by atoms with van der Waals surface area (Å²) in [5.74, 6) is 0. The van der Waals surface area contributed by atoms with Crippen LogP contribution in [0.25, 0.3) is 0 Å². The zero-order chi connectivity index (χ0) is 11.5. The molecular formula is C10H16N2O4. The van der Waals surface area contributed by atoms with Gasteiger partial charge in [-0.2, -0.15) is 0 Å². The topological polar surface area (TPSA) is 82.0 Å². The molecule has 0 aromatic rings. The van der Waals surface area contributed by atoms with Gasteiger partial charge >= 0.3 is 6.03 Å². The largest absolute Gasteiger partial charge is 0.394 e. The molecule has 0 aromatic heterocycles. The van der Waals surface area contributed by atoms with Gasteiger partial charge in [-0.05, 0) is 0 Å². The van der Waals surface area contributed by atoms with Crippen LogP contribution >= 0.6 is 0 Å². The minimum absolute atomic E-state index is 0.208. The van der Waals surface area contributed by atoms with Crippen molar-refractivity contribution >= 4 is 6.03 Å². The molecule has 0 saturated carbocycles. The lowest BCUT2D eigenvalue weighted by molar-refractivity contribution is -0.0612. The van der Waals surface area contributed by atoms with E-state index in [1.807, 2.05) is 12.2 Å². The van der Waals surface area contributed by atoms with Crippen molar-refractivity contribution in [3.63, 3.8) is 0 Å². The van der Waals surface area contributed by atoms with Crippen LogP contribution in [0.1, 0.15) is 6.42 Å². The molecule has 0 spiro atoms. The molecule has 0 aliphatic carbocycles. The van der Waals surface area contributed by atoms with Gasteiger partial charge in [0, 0.05) is 19.5 Å². The van der Waals surface area contributed by atoms with Crippen molar-refractivity contribution in [3.05, 3.63) is 12.2 Å². The number of aliphatic hydroxyl groups is 2. The molecule has 0 aromatic carbocycles. The third-order valence-electron chi connectivity index (χ3n) is 2.83. The van der Waals surface area contributed by atoms with Gasteiger partial charge in [-0.1, -0.05) is 12.2 Å². The van der Waals surface area contributed by atoms with E-state index in [0.29, 0.717) is 19.5 Å². The zero-order valence-corrected chi connectivity index (χ0v) is 8.87. The van der Waals surface area contributed by atoms with Crippen LogP contribution in [0.3, 0.4) is 0 Å². The Bertz CT molecular complexity index is 295. The number of aliphatic hydroxyl groups excluding tert-OH is 2. The summed E-state index contributed by atoms with van der Waals surface area (Å²) in [4.78, 5) is 13.2. The van der Waals surface area contributed by atoms with E-state index in [2.05, 4.69) is 5.32 Å². The lowest BCUT2D eigenvalue weighted by atomic mass is 10.2. The Balaban J connectivity index is 2.01. The molecule has 1 saturated heterocycles. The van der Waals surface area contributed by atoms with Gasteiger partial charge in [-0.3, -0.25) is 4.90 Å². The number of rotatable bonds is 2. The van der Waals surface area contributed by atoms with Gasteiger partial charge in [-0.25, -0.2) is 4.79 Å². The maximum Gasteiger partial charge on any atom is 0.319 e. The van der Waals surface area contributed by atoms with Crippen molar-refractivity contribution in [1.29, 1.82) is 0 Å². The Labute approximate surface area is 93.5 Å². The molecule has 2 aliphatic heterocycles. The normalized spacial score (nSPS) is 35.0. The summed E-state index contributed by atoms with van der Waals surface area (Å²) >= 11 is 0. The summed E-state index contributed by atoms with van der Waals surface area (Å²) in [6.45, 7) is 0.734. The summed E-state index contributed by atoms with van der Waals surface area (Å²) < 4.78 is 5.42. The quantitative estimate of drug-likeness (QED) is 0.531. The van der Waals surface area contributed by atoms with Gasteiger partial charge in [0.15, 0.2) is 0 Å². The first kappa shape index (κ1) is 11.4. The second-order valence-electron chi connectivity index (χ2n) is 3.92. The molecule has 3 atom stereocenters. The molecule has 2 rings (SSSR count). The van der Waals surface area contributed by atoms with Crippen LogP contribution in [0.2, 0.25) is 0 Å². The SMILES string of the molecule is O=C1NCC=CCN1[C@H]1CC(O)[C@@H](CO)O1. The number of hydrogen-bond donors (Lipinski definition) is 3. The number of nitrogens with zero attached hydrogens (tertiary/aromatic N) is 1. The highest BCUT2D eigenvalue weighted by atomic mass is 16.5. The van der Waals surface area contributed by atoms with Gasteiger partial charge in [-0.15, -0.1) is 0 Å². The number of hydrogen-bond acceptors (Lipinski definition) is 4. The van der Waals surface area contributed by atoms with Gasteiger partial charge in [0.2, 0.25) is 0 Å². The first-order valence-electron chi connectivity index (χ1n) is 5.36. The minimum atomic E-state index is -0.713. The number of urea groups is 1. The lowest BCUT2D eigenvalue weighted by Crippen LogP contribution is -2.45. The van der Waals surface area contributed by atoms with Crippen LogP contribution < -0.4 is 5.32 Å². The van der Waals surface area contributed by atoms with Crippen LogP contribution in [-0.4, -0.2) is 59.3 Å². The number of nitrogens with one attached hydrogen (secondary N) is 1. The fourth-order valence-corrected chi connectivity index (χ4v) is 1.92. The van der Waals surface area contributed by atoms with Gasteiger partial charge in [0.05, 0.1) is 12.7 Å². The summed E-state index contributed by atoms with van der Waals surface area (Å²) in [6, 6.07) is -0.208. The van der Waals surface area contributed by atoms with Crippen LogP contribution in [0.5, 0.6) is 0 Å². The van der Waals surface area contributed by atoms with Crippen molar-refractivity contribution in [2.24, 2.45) is 0 Å². The van der Waals surface area contributed by atoms with Gasteiger partial charge in [0.1, 0.15) is 12.3 Å². The highest BCUT2D eigenvalue weighted by molar-refractivity contribution is 5.75. The molecular weight excluding hydrogens is 212 g/mol. The highest BCUT2D eigenvalue weighted by Crippen LogP contribution is 2.23. The zero-order valence-electron chi connectivity index (χ0n) is 8.87. The van der Waals surface area contributed by atoms with Crippen LogP contribution in [0.15, 0.2) is 12.2 Å². The Kier molecular flexibility index (Phi) is 3.42. The minimum Gasteiger partial charge on any atom is -0.394 e. The van der Waals surface area contributed by atoms with Crippen LogP contribution in [0.4, 0.5) is 4.79 Å². The number of carbonyl (C=O) groups is 1. The first-order chi connectivity index (χ1) is 7.72. The van der Waals surface area contributed by atoms with E-state index in [1.54, 1.807) is 0 Å². The molecule has 2 aliphatic rings. The fraction of sp³-hybridized carbons (Fsp3) is 0.700. The third-order valence-corrected chi connectivity index (χ3v) is 2.83. The molecule has 6 nitrogen and oxygen atoms in total. The summed E-state index contributed by atoms with van der Waals surface area (Å²) in [6.07, 6.45) is 2.31. The molecule has 1 fully saturated rings. The number of carbonyl (C=O) groups excluding carboxylic acids is 1. The van der Waals surface area contributed by atoms with Crippen molar-refractivity contribution in [1.82, 2.24) is 10.2 Å². The summed E-state index contributed by atoms with van der Waals surface area (Å²) in [7, 11) is 0. The van der Waals surface area contributed by atoms with E-state index in [-0.39, 0.29) is 12.6 Å². The Morgan fingerprint density at radius 2 is 2.38 bits per heavy atom. The van der Waals surface area contributed by atoms with Crippen molar-refractivity contribution in [2.45, 2.75) is 24.9 Å². The molecule has 2 amide bonds. The van der Waals surface area contributed by atoms with E-state index in [0.717, 1.165) is 0 Å². The molecule has 3 N–H and O–H groups in total. The number of ether oxygens (including phenoxy) is 1. The van der Waals surface area contributed by atoms with Crippen LogP contribution in [0, 0.1) is 0 Å². The second kappa shape index (κ2) is 4.82. The molecule has 6 heteroatoms. The predicted molar refractivity (Wildman–Crippen MR) is 55.6 cm³/mol. The summed E-state index contributed by atoms with van der Waals surface area (Å²) in [5.41, 5.74) is 0. The maximum absolute atomic E-state index is 11.7. The van der Waals surface area contributed by atoms with Gasteiger partial charge < -0.3 is 20.3 Å². The summed E-state index contributed by atoms with van der Waals surface area (Å²) in [5, 5.41) is 21.2. The molecule has 0 radical (unpaired) electrons. The standard InChI is InChI=1S/C10H16N2O4/c13-6-8-7(14)5-9(16-8)12-4-2-1-3-11-10(12)15/h1-2,7-9,13-14H,3-6H2,(H,11,15)/t7?,8-,9-/m1/s1. The molecule has 2 heterocycles. The molecule has 16 heavy (non-hydrogen) atoms. The van der Waals surface area contributed by atoms with Crippen molar-refractivity contribution in [3.8, 4) is 0 Å². The molecule has 90 valence electrons. The van der Waals surface area contributed by atoms with E-state index in [9.17, 15) is 9.90 Å². The smallest absolute Gasteiger partial charge is 0.319 e. The van der Waals surface area contributed by atoms with E-state index >= 15 is 0 Å². The van der Waals surface area contributed by atoms with Gasteiger partial charge in [0.25, 0.3) is 0 Å².